The van der Waals surface area contributed by atoms with Crippen molar-refractivity contribution in [2.45, 2.75) is 6.92 Å². The second kappa shape index (κ2) is 3.98. The van der Waals surface area contributed by atoms with E-state index in [0.717, 1.165) is 19.5 Å². The Hall–Kier alpha value is -0.430. The van der Waals surface area contributed by atoms with Crippen molar-refractivity contribution in [3.05, 3.63) is 20.8 Å². The summed E-state index contributed by atoms with van der Waals surface area (Å²) in [4.78, 5) is 6.72. The molecule has 0 bridgehead atoms. The number of nitrogen functional groups attached to an aromatic ring is 1. The summed E-state index contributed by atoms with van der Waals surface area (Å²) in [5.74, 6) is 5.31. The molecular formula is C8H8BrN3S2. The number of thiophene rings is 1. The van der Waals surface area contributed by atoms with Crippen LogP contribution in [-0.4, -0.2) is 4.98 Å². The third-order valence-corrected chi connectivity index (χ3v) is 4.26. The molecule has 2 rings (SSSR count). The number of aromatic nitrogens is 1. The number of anilines is 1. The monoisotopic (exact) mass is 289 g/mol. The van der Waals surface area contributed by atoms with Gasteiger partial charge in [0.05, 0.1) is 14.4 Å². The molecule has 0 saturated carbocycles. The summed E-state index contributed by atoms with van der Waals surface area (Å²) < 4.78 is 1.11. The Balaban J connectivity index is 2.45. The second-order valence-corrected chi connectivity index (χ2v) is 6.34. The van der Waals surface area contributed by atoms with Gasteiger partial charge in [-0.05, 0) is 35.0 Å². The zero-order chi connectivity index (χ0) is 10.1. The van der Waals surface area contributed by atoms with E-state index in [-0.39, 0.29) is 0 Å². The Bertz CT molecular complexity index is 449. The lowest BCUT2D eigenvalue weighted by Crippen LogP contribution is -2.05. The van der Waals surface area contributed by atoms with Gasteiger partial charge in [0.1, 0.15) is 0 Å². The first kappa shape index (κ1) is 10.1. The average Bonchev–Trinajstić information content (AvgIpc) is 2.71. The first-order valence-corrected chi connectivity index (χ1v) is 6.33. The van der Waals surface area contributed by atoms with Crippen LogP contribution in [0.25, 0.3) is 10.6 Å². The number of nitrogens with zero attached hydrogens (tertiary/aromatic N) is 1. The van der Waals surface area contributed by atoms with Crippen LogP contribution in [0.4, 0.5) is 5.13 Å². The van der Waals surface area contributed by atoms with Crippen molar-refractivity contribution >= 4 is 43.7 Å². The second-order valence-electron chi connectivity index (χ2n) is 2.67. The number of hydrogen-bond donors (Lipinski definition) is 2. The number of rotatable bonds is 2. The molecule has 74 valence electrons. The number of hydrogen-bond acceptors (Lipinski definition) is 5. The molecule has 3 N–H and O–H groups in total. The van der Waals surface area contributed by atoms with Gasteiger partial charge in [-0.15, -0.1) is 22.7 Å². The van der Waals surface area contributed by atoms with E-state index >= 15 is 0 Å². The highest BCUT2D eigenvalue weighted by atomic mass is 79.9. The summed E-state index contributed by atoms with van der Waals surface area (Å²) >= 11 is 6.67. The zero-order valence-corrected chi connectivity index (χ0v) is 10.6. The topological polar surface area (TPSA) is 50.9 Å². The molecule has 14 heavy (non-hydrogen) atoms. The van der Waals surface area contributed by atoms with Crippen LogP contribution in [0.15, 0.2) is 15.9 Å². The van der Waals surface area contributed by atoms with Gasteiger partial charge in [0.25, 0.3) is 0 Å². The number of nitrogens with one attached hydrogen (secondary N) is 1. The van der Waals surface area contributed by atoms with Gasteiger partial charge >= 0.3 is 0 Å². The van der Waals surface area contributed by atoms with Crippen LogP contribution in [0.3, 0.4) is 0 Å². The fourth-order valence-corrected chi connectivity index (χ4v) is 3.36. The van der Waals surface area contributed by atoms with Gasteiger partial charge in [0.15, 0.2) is 5.13 Å². The summed E-state index contributed by atoms with van der Waals surface area (Å²) in [6.45, 7) is 2.04. The predicted molar refractivity (Wildman–Crippen MR) is 65.7 cm³/mol. The van der Waals surface area contributed by atoms with E-state index in [1.807, 2.05) is 13.0 Å². The van der Waals surface area contributed by atoms with Crippen molar-refractivity contribution in [3.63, 3.8) is 0 Å². The summed E-state index contributed by atoms with van der Waals surface area (Å²) in [6.07, 6.45) is 0. The molecule has 6 heteroatoms. The third kappa shape index (κ3) is 1.83. The zero-order valence-electron chi connectivity index (χ0n) is 7.37. The normalized spacial score (nSPS) is 10.5. The molecule has 0 aromatic carbocycles. The highest BCUT2D eigenvalue weighted by molar-refractivity contribution is 9.11. The molecule has 0 unspecified atom stereocenters. The summed E-state index contributed by atoms with van der Waals surface area (Å²) in [5.41, 5.74) is 3.58. The SMILES string of the molecule is Cc1sc(NN)nc1-c1ccc(Br)s1. The summed E-state index contributed by atoms with van der Waals surface area (Å²) in [6, 6.07) is 4.07. The van der Waals surface area contributed by atoms with Crippen LogP contribution in [0, 0.1) is 6.92 Å². The number of halogens is 1. The number of hydrazine groups is 1. The van der Waals surface area contributed by atoms with Crippen molar-refractivity contribution in [2.75, 3.05) is 5.43 Å². The Morgan fingerprint density at radius 3 is 2.71 bits per heavy atom. The first-order valence-electron chi connectivity index (χ1n) is 3.90. The lowest BCUT2D eigenvalue weighted by molar-refractivity contribution is 1.29. The van der Waals surface area contributed by atoms with Gasteiger partial charge in [-0.1, -0.05) is 0 Å². The number of nitrogens with two attached hydrogens (primary N) is 1. The number of thiazole rings is 1. The van der Waals surface area contributed by atoms with E-state index in [1.54, 1.807) is 22.7 Å². The largest absolute Gasteiger partial charge is 0.300 e. The minimum absolute atomic E-state index is 0.752. The van der Waals surface area contributed by atoms with Crippen molar-refractivity contribution in [3.8, 4) is 10.6 Å². The van der Waals surface area contributed by atoms with E-state index in [9.17, 15) is 0 Å². The van der Waals surface area contributed by atoms with Gasteiger partial charge in [-0.3, -0.25) is 5.43 Å². The quantitative estimate of drug-likeness (QED) is 0.659. The molecule has 0 radical (unpaired) electrons. The van der Waals surface area contributed by atoms with E-state index < -0.39 is 0 Å². The third-order valence-electron chi connectivity index (χ3n) is 1.73. The lowest BCUT2D eigenvalue weighted by Gasteiger charge is -1.91. The van der Waals surface area contributed by atoms with Crippen LogP contribution in [-0.2, 0) is 0 Å². The summed E-state index contributed by atoms with van der Waals surface area (Å²) in [7, 11) is 0. The van der Waals surface area contributed by atoms with E-state index in [4.69, 9.17) is 5.84 Å². The Morgan fingerprint density at radius 1 is 1.43 bits per heavy atom. The van der Waals surface area contributed by atoms with Crippen molar-refractivity contribution in [1.29, 1.82) is 0 Å². The highest BCUT2D eigenvalue weighted by Gasteiger charge is 2.10. The molecule has 2 heterocycles. The molecule has 0 aliphatic rings. The molecule has 2 aromatic rings. The Morgan fingerprint density at radius 2 is 2.21 bits per heavy atom. The van der Waals surface area contributed by atoms with E-state index in [1.165, 1.54) is 4.88 Å². The fraction of sp³-hybridized carbons (Fsp3) is 0.125. The van der Waals surface area contributed by atoms with Crippen LogP contribution in [0.1, 0.15) is 4.88 Å². The number of aryl methyl sites for hydroxylation is 1. The molecule has 3 nitrogen and oxygen atoms in total. The molecule has 0 fully saturated rings. The van der Waals surface area contributed by atoms with E-state index in [2.05, 4.69) is 32.4 Å². The molecule has 0 atom stereocenters. The molecule has 0 spiro atoms. The fourth-order valence-electron chi connectivity index (χ4n) is 1.13. The van der Waals surface area contributed by atoms with Gasteiger partial charge in [-0.2, -0.15) is 0 Å². The van der Waals surface area contributed by atoms with Gasteiger partial charge in [0.2, 0.25) is 0 Å². The van der Waals surface area contributed by atoms with Crippen LogP contribution >= 0.6 is 38.6 Å². The first-order chi connectivity index (χ1) is 6.70. The predicted octanol–water partition coefficient (Wildman–Crippen LogP) is 3.23. The minimum atomic E-state index is 0.752. The Labute approximate surface area is 98.1 Å². The summed E-state index contributed by atoms with van der Waals surface area (Å²) in [5, 5.41) is 0.752. The Kier molecular flexibility index (Phi) is 2.87. The minimum Gasteiger partial charge on any atom is -0.300 e. The maximum atomic E-state index is 5.31. The van der Waals surface area contributed by atoms with Gasteiger partial charge < -0.3 is 0 Å². The standard InChI is InChI=1S/C8H8BrN3S2/c1-4-7(11-8(12-10)13-4)5-2-3-6(9)14-5/h2-3H,10H2,1H3,(H,11,12). The van der Waals surface area contributed by atoms with Crippen molar-refractivity contribution < 1.29 is 0 Å². The van der Waals surface area contributed by atoms with Crippen LogP contribution in [0.5, 0.6) is 0 Å². The van der Waals surface area contributed by atoms with Crippen LogP contribution < -0.4 is 11.3 Å². The van der Waals surface area contributed by atoms with Crippen molar-refractivity contribution in [2.24, 2.45) is 5.84 Å². The molecule has 2 aromatic heterocycles. The van der Waals surface area contributed by atoms with Crippen molar-refractivity contribution in [1.82, 2.24) is 4.98 Å². The van der Waals surface area contributed by atoms with Gasteiger partial charge in [0, 0.05) is 4.88 Å². The highest BCUT2D eigenvalue weighted by Crippen LogP contribution is 2.35. The average molecular weight is 290 g/mol. The molecule has 0 aliphatic heterocycles. The molecule has 0 aliphatic carbocycles. The molecule has 0 amide bonds. The maximum Gasteiger partial charge on any atom is 0.197 e. The lowest BCUT2D eigenvalue weighted by atomic mass is 10.3. The van der Waals surface area contributed by atoms with Gasteiger partial charge in [-0.25, -0.2) is 10.8 Å². The molecule has 0 saturated heterocycles. The maximum absolute atomic E-state index is 5.31. The smallest absolute Gasteiger partial charge is 0.197 e. The van der Waals surface area contributed by atoms with E-state index in [0.29, 0.717) is 0 Å². The molecular weight excluding hydrogens is 282 g/mol. The van der Waals surface area contributed by atoms with Crippen LogP contribution in [0.2, 0.25) is 0 Å².